The largest absolute Gasteiger partial charge is 0.310 e. The lowest BCUT2D eigenvalue weighted by atomic mass is 9.82. The number of rotatable bonds is 4. The second-order valence-corrected chi connectivity index (χ2v) is 14.9. The van der Waals surface area contributed by atoms with Crippen LogP contribution in [0.5, 0.6) is 0 Å². The highest BCUT2D eigenvalue weighted by atomic mass is 32.1. The molecule has 1 heterocycles. The maximum Gasteiger partial charge on any atom is 0.0468 e. The molecule has 10 rings (SSSR count). The molecule has 1 aliphatic rings. The van der Waals surface area contributed by atoms with Crippen LogP contribution >= 0.6 is 11.3 Å². The third-order valence-corrected chi connectivity index (χ3v) is 11.7. The highest BCUT2D eigenvalue weighted by molar-refractivity contribution is 7.26. The van der Waals surface area contributed by atoms with E-state index in [0.29, 0.717) is 0 Å². The van der Waals surface area contributed by atoms with Crippen molar-refractivity contribution >= 4 is 70.1 Å². The fourth-order valence-corrected chi connectivity index (χ4v) is 9.25. The molecule has 0 amide bonds. The van der Waals surface area contributed by atoms with E-state index in [1.54, 1.807) is 0 Å². The predicted octanol–water partition coefficient (Wildman–Crippen LogP) is 13.8. The van der Waals surface area contributed by atoms with Gasteiger partial charge in [-0.05, 0) is 110 Å². The van der Waals surface area contributed by atoms with Crippen molar-refractivity contribution in [2.24, 2.45) is 0 Å². The molecule has 0 atom stereocenters. The topological polar surface area (TPSA) is 3.24 Å². The first-order chi connectivity index (χ1) is 24.0. The molecular formula is C47H33NS. The number of anilines is 3. The first kappa shape index (κ1) is 28.3. The molecule has 49 heavy (non-hydrogen) atoms. The lowest BCUT2D eigenvalue weighted by Crippen LogP contribution is -2.16. The van der Waals surface area contributed by atoms with E-state index in [1.807, 2.05) is 11.3 Å². The number of thiophene rings is 1. The van der Waals surface area contributed by atoms with Gasteiger partial charge >= 0.3 is 0 Å². The second-order valence-electron chi connectivity index (χ2n) is 13.8. The van der Waals surface area contributed by atoms with Gasteiger partial charge in [0.25, 0.3) is 0 Å². The van der Waals surface area contributed by atoms with Crippen LogP contribution < -0.4 is 4.90 Å². The van der Waals surface area contributed by atoms with Crippen molar-refractivity contribution in [1.82, 2.24) is 0 Å². The minimum absolute atomic E-state index is 0.0903. The van der Waals surface area contributed by atoms with Crippen molar-refractivity contribution in [3.05, 3.63) is 175 Å². The Morgan fingerprint density at radius 1 is 0.429 bits per heavy atom. The summed E-state index contributed by atoms with van der Waals surface area (Å²) >= 11 is 1.88. The monoisotopic (exact) mass is 643 g/mol. The number of hydrogen-bond acceptors (Lipinski definition) is 2. The fourth-order valence-electron chi connectivity index (χ4n) is 8.15. The molecule has 0 radical (unpaired) electrons. The number of hydrogen-bond donors (Lipinski definition) is 0. The van der Waals surface area contributed by atoms with Crippen molar-refractivity contribution in [1.29, 1.82) is 0 Å². The Hall–Kier alpha value is -5.70. The Kier molecular flexibility index (Phi) is 6.16. The Morgan fingerprint density at radius 2 is 1.10 bits per heavy atom. The second kappa shape index (κ2) is 10.7. The van der Waals surface area contributed by atoms with Crippen LogP contribution in [0, 0.1) is 0 Å². The molecule has 9 aromatic rings. The molecule has 0 N–H and O–H groups in total. The van der Waals surface area contributed by atoms with Crippen LogP contribution in [0.1, 0.15) is 25.0 Å². The molecule has 0 saturated carbocycles. The summed E-state index contributed by atoms with van der Waals surface area (Å²) in [6.07, 6.45) is 0. The van der Waals surface area contributed by atoms with E-state index in [4.69, 9.17) is 0 Å². The average Bonchev–Trinajstić information content (AvgIpc) is 3.63. The van der Waals surface area contributed by atoms with Crippen LogP contribution in [0.25, 0.3) is 64.0 Å². The minimum Gasteiger partial charge on any atom is -0.310 e. The molecule has 0 unspecified atom stereocenters. The Balaban J connectivity index is 1.20. The molecule has 0 aliphatic heterocycles. The normalized spacial score (nSPS) is 13.3. The fraction of sp³-hybridized carbons (Fsp3) is 0.0638. The van der Waals surface area contributed by atoms with Gasteiger partial charge < -0.3 is 4.90 Å². The molecule has 8 aromatic carbocycles. The predicted molar refractivity (Wildman–Crippen MR) is 212 cm³/mol. The van der Waals surface area contributed by atoms with Crippen LogP contribution in [-0.2, 0) is 5.41 Å². The van der Waals surface area contributed by atoms with Crippen molar-refractivity contribution in [3.63, 3.8) is 0 Å². The number of nitrogens with zero attached hydrogens (tertiary/aromatic N) is 1. The van der Waals surface area contributed by atoms with Gasteiger partial charge in [-0.15, -0.1) is 11.3 Å². The molecule has 0 bridgehead atoms. The summed E-state index contributed by atoms with van der Waals surface area (Å²) in [6.45, 7) is 4.72. The van der Waals surface area contributed by atoms with Crippen LogP contribution in [0.15, 0.2) is 164 Å². The van der Waals surface area contributed by atoms with Gasteiger partial charge in [-0.2, -0.15) is 0 Å². The summed E-state index contributed by atoms with van der Waals surface area (Å²) in [4.78, 5) is 2.46. The molecule has 0 spiro atoms. The summed E-state index contributed by atoms with van der Waals surface area (Å²) in [7, 11) is 0. The Bertz CT molecular complexity index is 2770. The smallest absolute Gasteiger partial charge is 0.0468 e. The van der Waals surface area contributed by atoms with Gasteiger partial charge in [0.15, 0.2) is 0 Å². The van der Waals surface area contributed by atoms with E-state index in [1.165, 1.54) is 80.8 Å². The summed E-state index contributed by atoms with van der Waals surface area (Å²) in [6, 6.07) is 60.7. The van der Waals surface area contributed by atoms with E-state index in [2.05, 4.69) is 183 Å². The summed E-state index contributed by atoms with van der Waals surface area (Å²) in [5, 5.41) is 7.75. The number of benzene rings is 8. The van der Waals surface area contributed by atoms with Crippen molar-refractivity contribution in [2.45, 2.75) is 19.3 Å². The Morgan fingerprint density at radius 3 is 2.02 bits per heavy atom. The average molecular weight is 644 g/mol. The van der Waals surface area contributed by atoms with Crippen molar-refractivity contribution in [3.8, 4) is 22.3 Å². The van der Waals surface area contributed by atoms with Gasteiger partial charge in [-0.1, -0.05) is 123 Å². The zero-order chi connectivity index (χ0) is 32.7. The summed E-state index contributed by atoms with van der Waals surface area (Å²) in [5.41, 5.74) is 11.2. The van der Waals surface area contributed by atoms with Gasteiger partial charge in [-0.25, -0.2) is 0 Å². The third-order valence-electron chi connectivity index (χ3n) is 10.6. The zero-order valence-corrected chi connectivity index (χ0v) is 28.3. The number of fused-ring (bicyclic) bond motifs is 9. The maximum absolute atomic E-state index is 2.46. The molecule has 0 fully saturated rings. The van der Waals surface area contributed by atoms with Crippen LogP contribution in [0.4, 0.5) is 17.1 Å². The van der Waals surface area contributed by atoms with E-state index in [0.717, 1.165) is 11.4 Å². The Labute approximate surface area is 290 Å². The van der Waals surface area contributed by atoms with Crippen molar-refractivity contribution in [2.75, 3.05) is 4.90 Å². The molecule has 232 valence electrons. The van der Waals surface area contributed by atoms with Crippen LogP contribution in [0.2, 0.25) is 0 Å². The van der Waals surface area contributed by atoms with E-state index in [-0.39, 0.29) is 5.41 Å². The first-order valence-corrected chi connectivity index (χ1v) is 17.8. The molecule has 1 aliphatic carbocycles. The molecule has 2 heteroatoms. The highest BCUT2D eigenvalue weighted by Crippen LogP contribution is 2.51. The molecule has 1 aromatic heterocycles. The molecular weight excluding hydrogens is 611 g/mol. The summed E-state index contributed by atoms with van der Waals surface area (Å²) < 4.78 is 2.64. The SMILES string of the molecule is CC1(C)c2ccccc2-c2ccc(N(c3cccc(-c4ccc5ccccc5c4)c3)c3ccc4sc5ccc6ccccc6c5c4c3)cc21. The summed E-state index contributed by atoms with van der Waals surface area (Å²) in [5.74, 6) is 0. The van der Waals surface area contributed by atoms with Crippen LogP contribution in [0.3, 0.4) is 0 Å². The first-order valence-electron chi connectivity index (χ1n) is 17.0. The van der Waals surface area contributed by atoms with E-state index in [9.17, 15) is 0 Å². The van der Waals surface area contributed by atoms with Crippen LogP contribution in [-0.4, -0.2) is 0 Å². The quantitative estimate of drug-likeness (QED) is 0.184. The molecule has 1 nitrogen and oxygen atoms in total. The molecule has 0 saturated heterocycles. The van der Waals surface area contributed by atoms with Gasteiger partial charge in [0.05, 0.1) is 0 Å². The van der Waals surface area contributed by atoms with Gasteiger partial charge in [0.2, 0.25) is 0 Å². The zero-order valence-electron chi connectivity index (χ0n) is 27.4. The third kappa shape index (κ3) is 4.38. The van der Waals surface area contributed by atoms with Gasteiger partial charge in [-0.3, -0.25) is 0 Å². The lowest BCUT2D eigenvalue weighted by Gasteiger charge is -2.28. The van der Waals surface area contributed by atoms with Gasteiger partial charge in [0, 0.05) is 42.6 Å². The van der Waals surface area contributed by atoms with Gasteiger partial charge in [0.1, 0.15) is 0 Å². The van der Waals surface area contributed by atoms with E-state index < -0.39 is 0 Å². The minimum atomic E-state index is -0.0903. The van der Waals surface area contributed by atoms with E-state index >= 15 is 0 Å². The highest BCUT2D eigenvalue weighted by Gasteiger charge is 2.35. The van der Waals surface area contributed by atoms with Crippen molar-refractivity contribution < 1.29 is 0 Å². The maximum atomic E-state index is 2.46. The lowest BCUT2D eigenvalue weighted by molar-refractivity contribution is 0.660. The standard InChI is InChI=1S/C47H33NS/c1-47(2)42-17-8-7-16-39(42)40-23-21-37(29-43(40)47)48(35-14-9-13-33(27-35)34-19-18-30-10-3-4-12-32(30)26-34)36-22-25-44-41(28-36)46-38-15-6-5-11-31(38)20-24-45(46)49-44/h3-29H,1-2H3.